The molecule has 0 unspecified atom stereocenters. The molecule has 0 atom stereocenters. The summed E-state index contributed by atoms with van der Waals surface area (Å²) in [7, 11) is 0. The number of nitrogens with one attached hydrogen (secondary N) is 1. The van der Waals surface area contributed by atoms with Gasteiger partial charge in [-0.25, -0.2) is 15.0 Å². The predicted octanol–water partition coefficient (Wildman–Crippen LogP) is 2.16. The number of nitrogens with zero attached hydrogens (tertiary/aromatic N) is 3. The normalized spacial score (nSPS) is 10.3. The fraction of sp³-hybridized carbons (Fsp3) is 0.300. The minimum Gasteiger partial charge on any atom is -0.364 e. The third kappa shape index (κ3) is 2.73. The Morgan fingerprint density at radius 2 is 2.20 bits per heavy atom. The van der Waals surface area contributed by atoms with Gasteiger partial charge in [-0.15, -0.1) is 11.3 Å². The first-order valence-electron chi connectivity index (χ1n) is 4.68. The summed E-state index contributed by atoms with van der Waals surface area (Å²) in [4.78, 5) is 12.6. The van der Waals surface area contributed by atoms with Gasteiger partial charge >= 0.3 is 0 Å². The van der Waals surface area contributed by atoms with E-state index in [1.807, 2.05) is 19.9 Å². The lowest BCUT2D eigenvalue weighted by atomic mass is 10.4. The van der Waals surface area contributed by atoms with Gasteiger partial charge in [0.25, 0.3) is 0 Å². The molecule has 0 aliphatic carbocycles. The first kappa shape index (κ1) is 10.0. The highest BCUT2D eigenvalue weighted by molar-refractivity contribution is 7.09. The van der Waals surface area contributed by atoms with Crippen LogP contribution >= 0.6 is 11.3 Å². The molecule has 0 bridgehead atoms. The number of aromatic nitrogens is 3. The smallest absolute Gasteiger partial charge is 0.129 e. The van der Waals surface area contributed by atoms with Gasteiger partial charge in [0.15, 0.2) is 0 Å². The number of anilines is 1. The van der Waals surface area contributed by atoms with Gasteiger partial charge in [-0.05, 0) is 19.9 Å². The minimum absolute atomic E-state index is 0.709. The molecule has 0 saturated carbocycles. The second-order valence-corrected chi connectivity index (χ2v) is 4.26. The molecular weight excluding hydrogens is 208 g/mol. The molecule has 0 aliphatic rings. The van der Waals surface area contributed by atoms with Gasteiger partial charge in [0.1, 0.15) is 11.6 Å². The van der Waals surface area contributed by atoms with Crippen molar-refractivity contribution in [2.45, 2.75) is 20.4 Å². The second-order valence-electron chi connectivity index (χ2n) is 3.20. The van der Waals surface area contributed by atoms with Crippen LogP contribution < -0.4 is 5.32 Å². The molecule has 4 nitrogen and oxygen atoms in total. The van der Waals surface area contributed by atoms with E-state index in [2.05, 4.69) is 25.6 Å². The summed E-state index contributed by atoms with van der Waals surface area (Å²) in [6, 6.07) is 1.85. The zero-order chi connectivity index (χ0) is 10.7. The van der Waals surface area contributed by atoms with Gasteiger partial charge in [-0.1, -0.05) is 0 Å². The van der Waals surface area contributed by atoms with E-state index in [4.69, 9.17) is 0 Å². The summed E-state index contributed by atoms with van der Waals surface area (Å²) in [6.45, 7) is 4.59. The van der Waals surface area contributed by atoms with Crippen molar-refractivity contribution in [2.24, 2.45) is 0 Å². The predicted molar refractivity (Wildman–Crippen MR) is 60.9 cm³/mol. The fourth-order valence-corrected chi connectivity index (χ4v) is 1.84. The Morgan fingerprint density at radius 1 is 1.33 bits per heavy atom. The van der Waals surface area contributed by atoms with Crippen molar-refractivity contribution >= 4 is 17.2 Å². The van der Waals surface area contributed by atoms with E-state index in [0.29, 0.717) is 6.54 Å². The van der Waals surface area contributed by atoms with Gasteiger partial charge < -0.3 is 5.32 Å². The molecule has 2 heterocycles. The number of rotatable bonds is 3. The maximum atomic E-state index is 4.36. The quantitative estimate of drug-likeness (QED) is 0.861. The maximum absolute atomic E-state index is 4.36. The van der Waals surface area contributed by atoms with Crippen LogP contribution in [0, 0.1) is 13.8 Å². The molecule has 1 N–H and O–H groups in total. The monoisotopic (exact) mass is 220 g/mol. The first-order chi connectivity index (χ1) is 7.24. The summed E-state index contributed by atoms with van der Waals surface area (Å²) in [5, 5.41) is 6.35. The van der Waals surface area contributed by atoms with Crippen molar-refractivity contribution in [3.05, 3.63) is 34.2 Å². The van der Waals surface area contributed by atoms with Crippen molar-refractivity contribution in [3.8, 4) is 0 Å². The Labute approximate surface area is 92.4 Å². The van der Waals surface area contributed by atoms with Crippen molar-refractivity contribution in [1.82, 2.24) is 15.0 Å². The Hall–Kier alpha value is -1.49. The number of hydrogen-bond acceptors (Lipinski definition) is 5. The van der Waals surface area contributed by atoms with E-state index in [1.54, 1.807) is 17.5 Å². The highest BCUT2D eigenvalue weighted by atomic mass is 32.1. The Balaban J connectivity index is 1.99. The summed E-state index contributed by atoms with van der Waals surface area (Å²) in [5.74, 6) is 1.61. The van der Waals surface area contributed by atoms with Crippen LogP contribution in [0.15, 0.2) is 17.6 Å². The third-order valence-electron chi connectivity index (χ3n) is 1.89. The highest BCUT2D eigenvalue weighted by Gasteiger charge is 1.99. The largest absolute Gasteiger partial charge is 0.364 e. The minimum atomic E-state index is 0.709. The maximum Gasteiger partial charge on any atom is 0.129 e. The molecule has 0 aliphatic heterocycles. The SMILES string of the molecule is Cc1nccc(NCc2csc(C)n2)n1. The van der Waals surface area contributed by atoms with Crippen molar-refractivity contribution in [2.75, 3.05) is 5.32 Å². The van der Waals surface area contributed by atoms with Crippen LogP contribution in [-0.2, 0) is 6.54 Å². The van der Waals surface area contributed by atoms with E-state index < -0.39 is 0 Å². The molecule has 0 fully saturated rings. The number of thiazole rings is 1. The Morgan fingerprint density at radius 3 is 2.87 bits per heavy atom. The number of aryl methyl sites for hydroxylation is 2. The van der Waals surface area contributed by atoms with E-state index >= 15 is 0 Å². The lowest BCUT2D eigenvalue weighted by Crippen LogP contribution is -2.02. The average Bonchev–Trinajstić information content (AvgIpc) is 2.62. The standard InChI is InChI=1S/C10H12N4S/c1-7-11-4-3-10(13-7)12-5-9-6-15-8(2)14-9/h3-4,6H,5H2,1-2H3,(H,11,12,13). The van der Waals surface area contributed by atoms with Gasteiger partial charge in [0, 0.05) is 11.6 Å². The highest BCUT2D eigenvalue weighted by Crippen LogP contribution is 2.09. The summed E-state index contributed by atoms with van der Waals surface area (Å²) in [6.07, 6.45) is 1.75. The fourth-order valence-electron chi connectivity index (χ4n) is 1.23. The van der Waals surface area contributed by atoms with E-state index in [-0.39, 0.29) is 0 Å². The summed E-state index contributed by atoms with van der Waals surface area (Å²) < 4.78 is 0. The molecule has 0 saturated heterocycles. The lowest BCUT2D eigenvalue weighted by Gasteiger charge is -2.02. The van der Waals surface area contributed by atoms with Crippen LogP contribution in [0.3, 0.4) is 0 Å². The summed E-state index contributed by atoms with van der Waals surface area (Å²) in [5.41, 5.74) is 1.05. The molecule has 0 aromatic carbocycles. The van der Waals surface area contributed by atoms with Crippen LogP contribution in [0.4, 0.5) is 5.82 Å². The molecule has 0 spiro atoms. The van der Waals surface area contributed by atoms with Crippen molar-refractivity contribution < 1.29 is 0 Å². The molecule has 78 valence electrons. The van der Waals surface area contributed by atoms with Crippen LogP contribution in [-0.4, -0.2) is 15.0 Å². The van der Waals surface area contributed by atoms with Gasteiger partial charge in [-0.2, -0.15) is 0 Å². The van der Waals surface area contributed by atoms with E-state index in [9.17, 15) is 0 Å². The molecule has 15 heavy (non-hydrogen) atoms. The molecule has 0 radical (unpaired) electrons. The topological polar surface area (TPSA) is 50.7 Å². The van der Waals surface area contributed by atoms with E-state index in [1.165, 1.54) is 0 Å². The molecule has 5 heteroatoms. The van der Waals surface area contributed by atoms with Crippen LogP contribution in [0.5, 0.6) is 0 Å². The van der Waals surface area contributed by atoms with Crippen molar-refractivity contribution in [3.63, 3.8) is 0 Å². The van der Waals surface area contributed by atoms with E-state index in [0.717, 1.165) is 22.3 Å². The molecular formula is C10H12N4S. The Kier molecular flexibility index (Phi) is 2.91. The van der Waals surface area contributed by atoms with Gasteiger partial charge in [-0.3, -0.25) is 0 Å². The molecule has 2 aromatic heterocycles. The summed E-state index contributed by atoms with van der Waals surface area (Å²) >= 11 is 1.66. The first-order valence-corrected chi connectivity index (χ1v) is 5.56. The average molecular weight is 220 g/mol. The molecule has 0 amide bonds. The van der Waals surface area contributed by atoms with Crippen molar-refractivity contribution in [1.29, 1.82) is 0 Å². The third-order valence-corrected chi connectivity index (χ3v) is 2.72. The molecule has 2 rings (SSSR count). The number of hydrogen-bond donors (Lipinski definition) is 1. The zero-order valence-electron chi connectivity index (χ0n) is 8.69. The van der Waals surface area contributed by atoms with Crippen LogP contribution in [0.25, 0.3) is 0 Å². The van der Waals surface area contributed by atoms with Crippen LogP contribution in [0.1, 0.15) is 16.5 Å². The van der Waals surface area contributed by atoms with Crippen LogP contribution in [0.2, 0.25) is 0 Å². The van der Waals surface area contributed by atoms with Gasteiger partial charge in [0.05, 0.1) is 17.2 Å². The Bertz CT molecular complexity index is 452. The second kappa shape index (κ2) is 4.35. The van der Waals surface area contributed by atoms with Gasteiger partial charge in [0.2, 0.25) is 0 Å². The lowest BCUT2D eigenvalue weighted by molar-refractivity contribution is 0.999. The zero-order valence-corrected chi connectivity index (χ0v) is 9.51. The molecule has 2 aromatic rings.